The van der Waals surface area contributed by atoms with Crippen molar-refractivity contribution < 1.29 is 8.78 Å². The van der Waals surface area contributed by atoms with Crippen LogP contribution in [-0.4, -0.2) is 45.5 Å². The molecular weight excluding hydrogens is 318 g/mol. The summed E-state index contributed by atoms with van der Waals surface area (Å²) in [6.45, 7) is 0.991. The lowest BCUT2D eigenvalue weighted by molar-refractivity contribution is 0.0194. The maximum Gasteiger partial charge on any atom is 0.246 e. The van der Waals surface area contributed by atoms with E-state index in [0.29, 0.717) is 17.7 Å². The number of nitrogens with one attached hydrogen (secondary N) is 1. The van der Waals surface area contributed by atoms with E-state index in [1.54, 1.807) is 18.1 Å². The zero-order chi connectivity index (χ0) is 16.4. The van der Waals surface area contributed by atoms with Gasteiger partial charge in [-0.1, -0.05) is 0 Å². The number of fused-ring (bicyclic) bond motifs is 1. The Morgan fingerprint density at radius 1 is 1.39 bits per heavy atom. The third-order valence-corrected chi connectivity index (χ3v) is 5.66. The Morgan fingerprint density at radius 3 is 2.91 bits per heavy atom. The molecule has 2 aromatic rings. The van der Waals surface area contributed by atoms with Crippen LogP contribution in [0.5, 0.6) is 0 Å². The second-order valence-corrected chi connectivity index (χ2v) is 7.58. The number of hydrogen-bond donors (Lipinski definition) is 1. The van der Waals surface area contributed by atoms with Crippen LogP contribution in [-0.2, 0) is 0 Å². The predicted octanol–water partition coefficient (Wildman–Crippen LogP) is 3.95. The normalized spacial score (nSPS) is 21.4. The van der Waals surface area contributed by atoms with Gasteiger partial charge in [0.1, 0.15) is 17.8 Å². The molecule has 0 radical (unpaired) electrons. The Balaban J connectivity index is 1.47. The number of nitrogens with zero attached hydrogens (tertiary/aromatic N) is 3. The van der Waals surface area contributed by atoms with E-state index in [-0.39, 0.29) is 6.42 Å². The molecule has 0 atom stereocenters. The lowest BCUT2D eigenvalue weighted by Crippen LogP contribution is -2.44. The van der Waals surface area contributed by atoms with Crippen LogP contribution >= 0.6 is 11.8 Å². The maximum absolute atomic E-state index is 12.8. The number of thioether (sulfide) groups is 1. The van der Waals surface area contributed by atoms with E-state index in [0.717, 1.165) is 42.4 Å². The lowest BCUT2D eigenvalue weighted by Gasteiger charge is -2.41. The number of alkyl halides is 2. The number of rotatable bonds is 7. The zero-order valence-electron chi connectivity index (χ0n) is 13.4. The highest BCUT2D eigenvalue weighted by Gasteiger charge is 2.33. The fourth-order valence-corrected chi connectivity index (χ4v) is 4.24. The summed E-state index contributed by atoms with van der Waals surface area (Å²) in [5.41, 5.74) is 0.855. The van der Waals surface area contributed by atoms with Crippen molar-refractivity contribution in [1.29, 1.82) is 0 Å². The molecule has 0 amide bonds. The molecule has 23 heavy (non-hydrogen) atoms. The van der Waals surface area contributed by atoms with Gasteiger partial charge in [-0.15, -0.1) is 0 Å². The van der Waals surface area contributed by atoms with Crippen molar-refractivity contribution in [3.05, 3.63) is 18.6 Å². The van der Waals surface area contributed by atoms with Crippen LogP contribution in [0.2, 0.25) is 0 Å². The maximum atomic E-state index is 12.8. The van der Waals surface area contributed by atoms with Gasteiger partial charge in [-0.25, -0.2) is 18.7 Å². The molecule has 0 spiro atoms. The van der Waals surface area contributed by atoms with E-state index in [4.69, 9.17) is 0 Å². The van der Waals surface area contributed by atoms with Gasteiger partial charge in [0.25, 0.3) is 0 Å². The second kappa shape index (κ2) is 6.63. The van der Waals surface area contributed by atoms with E-state index in [1.165, 1.54) is 0 Å². The van der Waals surface area contributed by atoms with E-state index in [2.05, 4.69) is 26.9 Å². The fraction of sp³-hybridized carbons (Fsp3) is 0.625. The molecule has 126 valence electrons. The minimum absolute atomic E-state index is 0.0277. The standard InChI is InChI=1S/C16H22F2N4S/c1-16(17,18)4-6-23-9-11-7-12(8-11)22(2)15-13-3-5-19-14(13)20-10-21-15/h3,5,10-12H,4,6-9H2,1-2H3,(H,19,20,21). The summed E-state index contributed by atoms with van der Waals surface area (Å²) in [5, 5.41) is 1.04. The van der Waals surface area contributed by atoms with Crippen LogP contribution in [0, 0.1) is 5.92 Å². The molecule has 0 aromatic carbocycles. The van der Waals surface area contributed by atoms with Gasteiger partial charge >= 0.3 is 0 Å². The smallest absolute Gasteiger partial charge is 0.246 e. The molecule has 2 aromatic heterocycles. The number of hydrogen-bond acceptors (Lipinski definition) is 4. The van der Waals surface area contributed by atoms with Gasteiger partial charge in [0.2, 0.25) is 5.92 Å². The van der Waals surface area contributed by atoms with Crippen molar-refractivity contribution >= 4 is 28.6 Å². The lowest BCUT2D eigenvalue weighted by atomic mass is 9.81. The van der Waals surface area contributed by atoms with Gasteiger partial charge in [0.15, 0.2) is 0 Å². The number of halogens is 2. The molecule has 0 saturated heterocycles. The summed E-state index contributed by atoms with van der Waals surface area (Å²) in [6.07, 6.45) is 5.63. The third-order valence-electron chi connectivity index (χ3n) is 4.46. The van der Waals surface area contributed by atoms with Crippen LogP contribution in [0.1, 0.15) is 26.2 Å². The van der Waals surface area contributed by atoms with Crippen LogP contribution in [0.4, 0.5) is 14.6 Å². The van der Waals surface area contributed by atoms with Crippen LogP contribution in [0.3, 0.4) is 0 Å². The average molecular weight is 340 g/mol. The Kier molecular flexibility index (Phi) is 4.75. The fourth-order valence-electron chi connectivity index (χ4n) is 2.97. The summed E-state index contributed by atoms with van der Waals surface area (Å²) in [5.74, 6) is 0.559. The SMILES string of the molecule is CN(c1ncnc2[nH]ccc12)C1CC(CSCCC(C)(F)F)C1. The number of anilines is 1. The van der Waals surface area contributed by atoms with Crippen molar-refractivity contribution in [2.45, 2.75) is 38.2 Å². The monoisotopic (exact) mass is 340 g/mol. The molecule has 1 N–H and O–H groups in total. The van der Waals surface area contributed by atoms with Crippen LogP contribution in [0.15, 0.2) is 18.6 Å². The van der Waals surface area contributed by atoms with E-state index in [9.17, 15) is 8.78 Å². The molecule has 7 heteroatoms. The Labute approximate surface area is 139 Å². The van der Waals surface area contributed by atoms with E-state index < -0.39 is 5.92 Å². The van der Waals surface area contributed by atoms with Crippen molar-refractivity contribution in [2.75, 3.05) is 23.5 Å². The molecular formula is C16H22F2N4S. The van der Waals surface area contributed by atoms with Gasteiger partial charge in [-0.2, -0.15) is 11.8 Å². The van der Waals surface area contributed by atoms with E-state index in [1.807, 2.05) is 12.3 Å². The Morgan fingerprint density at radius 2 is 2.17 bits per heavy atom. The van der Waals surface area contributed by atoms with Gasteiger partial charge < -0.3 is 9.88 Å². The molecule has 0 unspecified atom stereocenters. The van der Waals surface area contributed by atoms with E-state index >= 15 is 0 Å². The highest BCUT2D eigenvalue weighted by molar-refractivity contribution is 7.99. The second-order valence-electron chi connectivity index (χ2n) is 6.43. The van der Waals surface area contributed by atoms with Gasteiger partial charge in [0, 0.05) is 25.7 Å². The molecule has 4 nitrogen and oxygen atoms in total. The highest BCUT2D eigenvalue weighted by Crippen LogP contribution is 2.37. The summed E-state index contributed by atoms with van der Waals surface area (Å²) >= 11 is 1.65. The van der Waals surface area contributed by atoms with Crippen molar-refractivity contribution in [3.63, 3.8) is 0 Å². The summed E-state index contributed by atoms with van der Waals surface area (Å²) < 4.78 is 25.5. The van der Waals surface area contributed by atoms with Crippen LogP contribution < -0.4 is 4.90 Å². The van der Waals surface area contributed by atoms with Gasteiger partial charge in [-0.05, 0) is 43.3 Å². The number of H-pyrrole nitrogens is 1. The molecule has 1 aliphatic carbocycles. The predicted molar refractivity (Wildman–Crippen MR) is 91.4 cm³/mol. The first-order valence-corrected chi connectivity index (χ1v) is 9.06. The largest absolute Gasteiger partial charge is 0.356 e. The third kappa shape index (κ3) is 3.94. The van der Waals surface area contributed by atoms with Gasteiger partial charge in [-0.3, -0.25) is 0 Å². The van der Waals surface area contributed by atoms with Crippen LogP contribution in [0.25, 0.3) is 11.0 Å². The average Bonchev–Trinajstić information content (AvgIpc) is 2.91. The highest BCUT2D eigenvalue weighted by atomic mass is 32.2. The molecule has 0 aliphatic heterocycles. The Hall–Kier alpha value is -1.37. The first kappa shape index (κ1) is 16.5. The Bertz CT molecular complexity index is 649. The molecule has 1 fully saturated rings. The topological polar surface area (TPSA) is 44.8 Å². The molecule has 1 saturated carbocycles. The summed E-state index contributed by atoms with van der Waals surface area (Å²) in [6, 6.07) is 2.47. The molecule has 2 heterocycles. The van der Waals surface area contributed by atoms with Crippen molar-refractivity contribution in [2.24, 2.45) is 5.92 Å². The number of aromatic nitrogens is 3. The zero-order valence-corrected chi connectivity index (χ0v) is 14.2. The minimum atomic E-state index is -2.54. The first-order chi connectivity index (χ1) is 10.9. The molecule has 3 rings (SSSR count). The first-order valence-electron chi connectivity index (χ1n) is 7.90. The summed E-state index contributed by atoms with van der Waals surface area (Å²) in [4.78, 5) is 14.0. The quantitative estimate of drug-likeness (QED) is 0.775. The molecule has 1 aliphatic rings. The van der Waals surface area contributed by atoms with Crippen molar-refractivity contribution in [3.8, 4) is 0 Å². The number of aromatic amines is 1. The molecule has 0 bridgehead atoms. The minimum Gasteiger partial charge on any atom is -0.356 e. The van der Waals surface area contributed by atoms with Crippen molar-refractivity contribution in [1.82, 2.24) is 15.0 Å². The van der Waals surface area contributed by atoms with Gasteiger partial charge in [0.05, 0.1) is 5.39 Å². The summed E-state index contributed by atoms with van der Waals surface area (Å²) in [7, 11) is 2.07.